The van der Waals surface area contributed by atoms with E-state index in [2.05, 4.69) is 17.5 Å². The minimum absolute atomic E-state index is 0.0304. The lowest BCUT2D eigenvalue weighted by atomic mass is 9.90. The Morgan fingerprint density at radius 1 is 1.30 bits per heavy atom. The molecule has 0 radical (unpaired) electrons. The van der Waals surface area contributed by atoms with Crippen LogP contribution in [0.5, 0.6) is 5.75 Å². The van der Waals surface area contributed by atoms with Gasteiger partial charge in [-0.1, -0.05) is 12.5 Å². The molecule has 4 nitrogen and oxygen atoms in total. The topological polar surface area (TPSA) is 46.6 Å². The van der Waals surface area contributed by atoms with Gasteiger partial charge < -0.3 is 14.4 Å². The number of methoxy groups -OCH3 is 1. The summed E-state index contributed by atoms with van der Waals surface area (Å²) in [6, 6.07) is 4.06. The number of allylic oxidation sites excluding steroid dienone is 1. The summed E-state index contributed by atoms with van der Waals surface area (Å²) in [4.78, 5) is 26.9. The molecule has 1 heterocycles. The van der Waals surface area contributed by atoms with Crippen LogP contribution < -0.4 is 9.64 Å². The van der Waals surface area contributed by atoms with Crippen molar-refractivity contribution in [3.05, 3.63) is 35.4 Å². The molecule has 0 N–H and O–H groups in total. The Kier molecular flexibility index (Phi) is 8.08. The maximum atomic E-state index is 13.1. The standard InChI is InChI=1S/C23H33NO3/c1-5-20-21(22(26)13-18(16-25)10-9-17(2)3)14-19(15-23(20)27-4)24-11-7-6-8-12-24/h14-16,18H,2,5-13H2,1,3-4H3. The van der Waals surface area contributed by atoms with Crippen molar-refractivity contribution in [2.24, 2.45) is 5.92 Å². The van der Waals surface area contributed by atoms with Gasteiger partial charge in [0, 0.05) is 48.3 Å². The van der Waals surface area contributed by atoms with Crippen LogP contribution in [0.1, 0.15) is 68.3 Å². The fraction of sp³-hybridized carbons (Fsp3) is 0.565. The molecule has 1 aliphatic rings. The zero-order valence-electron chi connectivity index (χ0n) is 17.1. The lowest BCUT2D eigenvalue weighted by Crippen LogP contribution is -2.29. The van der Waals surface area contributed by atoms with Crippen LogP contribution in [0.15, 0.2) is 24.3 Å². The number of carbonyl (C=O) groups is 2. The van der Waals surface area contributed by atoms with Crippen molar-refractivity contribution < 1.29 is 14.3 Å². The van der Waals surface area contributed by atoms with Crippen molar-refractivity contribution in [2.45, 2.75) is 58.8 Å². The van der Waals surface area contributed by atoms with E-state index < -0.39 is 0 Å². The summed E-state index contributed by atoms with van der Waals surface area (Å²) in [6.07, 6.45) is 6.95. The number of piperidine rings is 1. The highest BCUT2D eigenvalue weighted by atomic mass is 16.5. The summed E-state index contributed by atoms with van der Waals surface area (Å²) in [5.41, 5.74) is 3.74. The Hall–Kier alpha value is -2.10. The first-order valence-electron chi connectivity index (χ1n) is 10.1. The molecule has 1 aromatic rings. The number of benzene rings is 1. The highest BCUT2D eigenvalue weighted by molar-refractivity contribution is 6.00. The molecule has 1 saturated heterocycles. The number of nitrogens with zero attached hydrogens (tertiary/aromatic N) is 1. The maximum Gasteiger partial charge on any atom is 0.164 e. The molecule has 0 saturated carbocycles. The first-order chi connectivity index (χ1) is 13.0. The van der Waals surface area contributed by atoms with Gasteiger partial charge in [0.05, 0.1) is 7.11 Å². The Labute approximate surface area is 163 Å². The fourth-order valence-corrected chi connectivity index (χ4v) is 3.76. The van der Waals surface area contributed by atoms with E-state index in [9.17, 15) is 9.59 Å². The lowest BCUT2D eigenvalue weighted by molar-refractivity contribution is -0.111. The normalized spacial score (nSPS) is 15.3. The summed E-state index contributed by atoms with van der Waals surface area (Å²) in [6.45, 7) is 9.90. The number of hydrogen-bond acceptors (Lipinski definition) is 4. The van der Waals surface area contributed by atoms with E-state index in [4.69, 9.17) is 4.74 Å². The number of rotatable bonds is 10. The molecular weight excluding hydrogens is 338 g/mol. The number of aldehydes is 1. The molecule has 0 bridgehead atoms. The molecule has 1 unspecified atom stereocenters. The van der Waals surface area contributed by atoms with Crippen LogP contribution in [0.4, 0.5) is 5.69 Å². The second-order valence-corrected chi connectivity index (χ2v) is 7.59. The highest BCUT2D eigenvalue weighted by Gasteiger charge is 2.22. The zero-order valence-corrected chi connectivity index (χ0v) is 17.1. The third kappa shape index (κ3) is 5.69. The molecule has 1 fully saturated rings. The SMILES string of the molecule is C=C(C)CCC(C=O)CC(=O)c1cc(N2CCCCC2)cc(OC)c1CC. The molecule has 1 aromatic carbocycles. The van der Waals surface area contributed by atoms with Crippen molar-refractivity contribution >= 4 is 17.8 Å². The van der Waals surface area contributed by atoms with Crippen LogP contribution in [0, 0.1) is 5.92 Å². The van der Waals surface area contributed by atoms with Gasteiger partial charge in [0.1, 0.15) is 12.0 Å². The Morgan fingerprint density at radius 2 is 2.00 bits per heavy atom. The number of Topliss-reactive ketones (excluding diaryl/α,β-unsaturated/α-hetero) is 1. The average molecular weight is 372 g/mol. The average Bonchev–Trinajstić information content (AvgIpc) is 2.70. The minimum atomic E-state index is -0.261. The van der Waals surface area contributed by atoms with Gasteiger partial charge in [-0.05, 0) is 51.5 Å². The maximum absolute atomic E-state index is 13.1. The second kappa shape index (κ2) is 10.3. The summed E-state index contributed by atoms with van der Waals surface area (Å²) in [5, 5.41) is 0. The molecule has 0 aromatic heterocycles. The predicted octanol–water partition coefficient (Wildman–Crippen LogP) is 4.99. The van der Waals surface area contributed by atoms with Crippen molar-refractivity contribution in [3.63, 3.8) is 0 Å². The summed E-state index contributed by atoms with van der Waals surface area (Å²) < 4.78 is 5.61. The van der Waals surface area contributed by atoms with E-state index in [1.165, 1.54) is 19.3 Å². The van der Waals surface area contributed by atoms with Gasteiger partial charge in [0.2, 0.25) is 0 Å². The molecule has 27 heavy (non-hydrogen) atoms. The van der Waals surface area contributed by atoms with E-state index in [1.807, 2.05) is 19.9 Å². The van der Waals surface area contributed by atoms with Crippen LogP contribution in [-0.4, -0.2) is 32.3 Å². The first kappa shape index (κ1) is 21.2. The zero-order chi connectivity index (χ0) is 19.8. The predicted molar refractivity (Wildman–Crippen MR) is 111 cm³/mol. The van der Waals surface area contributed by atoms with Gasteiger partial charge in [0.25, 0.3) is 0 Å². The van der Waals surface area contributed by atoms with Crippen molar-refractivity contribution in [1.29, 1.82) is 0 Å². The van der Waals surface area contributed by atoms with Gasteiger partial charge in [-0.2, -0.15) is 0 Å². The molecule has 0 amide bonds. The molecule has 4 heteroatoms. The summed E-state index contributed by atoms with van der Waals surface area (Å²) in [7, 11) is 1.66. The molecule has 0 spiro atoms. The van der Waals surface area contributed by atoms with Crippen molar-refractivity contribution in [3.8, 4) is 5.75 Å². The molecule has 148 valence electrons. The van der Waals surface area contributed by atoms with Crippen LogP contribution in [0.2, 0.25) is 0 Å². The summed E-state index contributed by atoms with van der Waals surface area (Å²) >= 11 is 0. The smallest absolute Gasteiger partial charge is 0.164 e. The number of hydrogen-bond donors (Lipinski definition) is 0. The van der Waals surface area contributed by atoms with Gasteiger partial charge >= 0.3 is 0 Å². The molecule has 1 aliphatic heterocycles. The van der Waals surface area contributed by atoms with E-state index in [1.54, 1.807) is 7.11 Å². The quantitative estimate of drug-likeness (QED) is 0.330. The van der Waals surface area contributed by atoms with Crippen LogP contribution >= 0.6 is 0 Å². The van der Waals surface area contributed by atoms with Gasteiger partial charge in [-0.25, -0.2) is 0 Å². The number of carbonyl (C=O) groups excluding carboxylic acids is 2. The van der Waals surface area contributed by atoms with Gasteiger partial charge in [0.15, 0.2) is 5.78 Å². The fourth-order valence-electron chi connectivity index (χ4n) is 3.76. The second-order valence-electron chi connectivity index (χ2n) is 7.59. The molecule has 1 atom stereocenters. The highest BCUT2D eigenvalue weighted by Crippen LogP contribution is 2.33. The van der Waals surface area contributed by atoms with Crippen molar-refractivity contribution in [1.82, 2.24) is 0 Å². The Morgan fingerprint density at radius 3 is 2.56 bits per heavy atom. The van der Waals surface area contributed by atoms with Gasteiger partial charge in [-0.15, -0.1) is 6.58 Å². The van der Waals surface area contributed by atoms with Crippen molar-refractivity contribution in [2.75, 3.05) is 25.1 Å². The van der Waals surface area contributed by atoms with Crippen LogP contribution in [0.3, 0.4) is 0 Å². The molecule has 0 aliphatic carbocycles. The number of ether oxygens (including phenoxy) is 1. The first-order valence-corrected chi connectivity index (χ1v) is 10.1. The van der Waals surface area contributed by atoms with Gasteiger partial charge in [-0.3, -0.25) is 4.79 Å². The number of ketones is 1. The van der Waals surface area contributed by atoms with E-state index in [0.29, 0.717) is 12.0 Å². The van der Waals surface area contributed by atoms with E-state index in [-0.39, 0.29) is 18.1 Å². The monoisotopic (exact) mass is 371 g/mol. The Bertz CT molecular complexity index is 674. The third-order valence-electron chi connectivity index (χ3n) is 5.37. The van der Waals surface area contributed by atoms with E-state index in [0.717, 1.165) is 54.8 Å². The van der Waals surface area contributed by atoms with Crippen LogP contribution in [-0.2, 0) is 11.2 Å². The Balaban J connectivity index is 2.29. The summed E-state index contributed by atoms with van der Waals surface area (Å²) in [5.74, 6) is 0.542. The largest absolute Gasteiger partial charge is 0.496 e. The molecular formula is C23H33NO3. The van der Waals surface area contributed by atoms with E-state index >= 15 is 0 Å². The van der Waals surface area contributed by atoms with Crippen LogP contribution in [0.25, 0.3) is 0 Å². The lowest BCUT2D eigenvalue weighted by Gasteiger charge is -2.30. The minimum Gasteiger partial charge on any atom is -0.496 e. The third-order valence-corrected chi connectivity index (χ3v) is 5.37. The number of anilines is 1. The molecule has 2 rings (SSSR count).